The van der Waals surface area contributed by atoms with Gasteiger partial charge in [0.05, 0.1) is 6.10 Å². The molecule has 6 nitrogen and oxygen atoms in total. The number of fused-ring (bicyclic) bond motifs is 2. The summed E-state index contributed by atoms with van der Waals surface area (Å²) in [6, 6.07) is 0.642. The average Bonchev–Trinajstić information content (AvgIpc) is 2.61. The Bertz CT molecular complexity index is 443. The number of aromatic nitrogens is 3. The molecule has 0 saturated carbocycles. The fraction of sp³-hybridized carbons (Fsp3) is 0.727. The van der Waals surface area contributed by atoms with Crippen LogP contribution in [0.3, 0.4) is 0 Å². The van der Waals surface area contributed by atoms with Crippen molar-refractivity contribution in [2.24, 2.45) is 0 Å². The van der Waals surface area contributed by atoms with Crippen molar-refractivity contribution in [3.63, 3.8) is 0 Å². The van der Waals surface area contributed by atoms with Crippen molar-refractivity contribution >= 4 is 23.5 Å². The first-order valence-corrected chi connectivity index (χ1v) is 6.61. The molecule has 2 saturated heterocycles. The highest BCUT2D eigenvalue weighted by atomic mass is 35.5. The molecule has 2 atom stereocenters. The molecule has 1 aromatic rings. The lowest BCUT2D eigenvalue weighted by Gasteiger charge is -2.37. The molecule has 18 heavy (non-hydrogen) atoms. The number of hydrogen-bond donors (Lipinski definition) is 2. The molecule has 0 spiro atoms. The molecule has 1 aromatic heterocycles. The van der Waals surface area contributed by atoms with E-state index in [9.17, 15) is 5.11 Å². The van der Waals surface area contributed by atoms with Gasteiger partial charge in [0.25, 0.3) is 0 Å². The lowest BCUT2D eigenvalue weighted by molar-refractivity contribution is 0.125. The third-order valence-electron chi connectivity index (χ3n) is 3.76. The van der Waals surface area contributed by atoms with Crippen LogP contribution in [0.2, 0.25) is 5.28 Å². The predicted octanol–water partition coefficient (Wildman–Crippen LogP) is 1.06. The van der Waals surface area contributed by atoms with Crippen LogP contribution in [0.5, 0.6) is 0 Å². The summed E-state index contributed by atoms with van der Waals surface area (Å²) in [6.07, 6.45) is 3.54. The number of piperidine rings is 1. The Labute approximate surface area is 110 Å². The first-order valence-electron chi connectivity index (χ1n) is 6.23. The van der Waals surface area contributed by atoms with Crippen molar-refractivity contribution in [1.82, 2.24) is 15.0 Å². The van der Waals surface area contributed by atoms with Crippen LogP contribution in [0.1, 0.15) is 25.7 Å². The molecule has 0 aliphatic carbocycles. The van der Waals surface area contributed by atoms with Gasteiger partial charge in [-0.25, -0.2) is 0 Å². The van der Waals surface area contributed by atoms with Crippen LogP contribution in [0.4, 0.5) is 11.9 Å². The highest BCUT2D eigenvalue weighted by molar-refractivity contribution is 6.28. The van der Waals surface area contributed by atoms with Crippen molar-refractivity contribution < 1.29 is 5.11 Å². The minimum Gasteiger partial charge on any atom is -0.393 e. The standard InChI is InChI=1S/C11H16ClN5O/c1-13-10-14-9(12)15-11(16-10)17-6-2-3-7(17)5-8(18)4-6/h6-8,18H,2-5H2,1H3,(H,13,14,15,16). The second-order valence-corrected chi connectivity index (χ2v) is 5.23. The minimum atomic E-state index is -0.195. The average molecular weight is 270 g/mol. The number of aliphatic hydroxyl groups excluding tert-OH is 1. The van der Waals surface area contributed by atoms with Crippen molar-refractivity contribution in [2.45, 2.75) is 43.9 Å². The van der Waals surface area contributed by atoms with Gasteiger partial charge in [-0.05, 0) is 37.3 Å². The molecule has 2 N–H and O–H groups in total. The quantitative estimate of drug-likeness (QED) is 0.836. The first-order chi connectivity index (χ1) is 8.67. The summed E-state index contributed by atoms with van der Waals surface area (Å²) in [6.45, 7) is 0. The van der Waals surface area contributed by atoms with E-state index < -0.39 is 0 Å². The number of rotatable bonds is 2. The van der Waals surface area contributed by atoms with Gasteiger partial charge in [0.15, 0.2) is 0 Å². The zero-order valence-electron chi connectivity index (χ0n) is 10.2. The number of anilines is 2. The second kappa shape index (κ2) is 4.51. The maximum absolute atomic E-state index is 9.79. The van der Waals surface area contributed by atoms with Crippen LogP contribution in [-0.2, 0) is 0 Å². The van der Waals surface area contributed by atoms with Crippen molar-refractivity contribution in [2.75, 3.05) is 17.3 Å². The van der Waals surface area contributed by atoms with Crippen molar-refractivity contribution in [3.05, 3.63) is 5.28 Å². The van der Waals surface area contributed by atoms with Crippen LogP contribution in [0.15, 0.2) is 0 Å². The van der Waals surface area contributed by atoms with E-state index in [4.69, 9.17) is 11.6 Å². The summed E-state index contributed by atoms with van der Waals surface area (Å²) < 4.78 is 0. The monoisotopic (exact) mass is 269 g/mol. The van der Waals surface area contributed by atoms with E-state index in [-0.39, 0.29) is 11.4 Å². The smallest absolute Gasteiger partial charge is 0.231 e. The Balaban J connectivity index is 1.93. The summed E-state index contributed by atoms with van der Waals surface area (Å²) in [5, 5.41) is 12.9. The maximum atomic E-state index is 9.79. The second-order valence-electron chi connectivity index (χ2n) is 4.90. The zero-order valence-corrected chi connectivity index (χ0v) is 10.9. The van der Waals surface area contributed by atoms with Crippen LogP contribution in [-0.4, -0.2) is 45.3 Å². The van der Waals surface area contributed by atoms with E-state index in [0.717, 1.165) is 25.7 Å². The van der Waals surface area contributed by atoms with Gasteiger partial charge in [-0.1, -0.05) is 0 Å². The fourth-order valence-electron chi connectivity index (χ4n) is 3.04. The third-order valence-corrected chi connectivity index (χ3v) is 3.93. The van der Waals surface area contributed by atoms with Gasteiger partial charge in [0.1, 0.15) is 0 Å². The zero-order chi connectivity index (χ0) is 12.7. The molecular weight excluding hydrogens is 254 g/mol. The van der Waals surface area contributed by atoms with E-state index in [0.29, 0.717) is 24.0 Å². The molecule has 3 heterocycles. The van der Waals surface area contributed by atoms with Gasteiger partial charge in [0, 0.05) is 19.1 Å². The molecule has 0 aromatic carbocycles. The molecule has 98 valence electrons. The summed E-state index contributed by atoms with van der Waals surface area (Å²) in [5.41, 5.74) is 0. The number of halogens is 1. The normalized spacial score (nSPS) is 30.6. The number of nitrogens with zero attached hydrogens (tertiary/aromatic N) is 4. The van der Waals surface area contributed by atoms with Crippen LogP contribution in [0.25, 0.3) is 0 Å². The maximum Gasteiger partial charge on any atom is 0.231 e. The number of aliphatic hydroxyl groups is 1. The summed E-state index contributed by atoms with van der Waals surface area (Å²) in [4.78, 5) is 14.8. The first kappa shape index (κ1) is 11.9. The van der Waals surface area contributed by atoms with Crippen LogP contribution < -0.4 is 10.2 Å². The van der Waals surface area contributed by atoms with E-state index in [2.05, 4.69) is 25.2 Å². The molecular formula is C11H16ClN5O. The topological polar surface area (TPSA) is 74.2 Å². The van der Waals surface area contributed by atoms with E-state index in [1.807, 2.05) is 0 Å². The Morgan fingerprint density at radius 3 is 2.50 bits per heavy atom. The Morgan fingerprint density at radius 1 is 1.22 bits per heavy atom. The molecule has 2 aliphatic heterocycles. The molecule has 0 radical (unpaired) electrons. The SMILES string of the molecule is CNc1nc(Cl)nc(N2C3CCC2CC(O)C3)n1. The predicted molar refractivity (Wildman–Crippen MR) is 68.9 cm³/mol. The van der Waals surface area contributed by atoms with Gasteiger partial charge in [-0.15, -0.1) is 0 Å². The van der Waals surface area contributed by atoms with E-state index in [1.165, 1.54) is 0 Å². The lowest BCUT2D eigenvalue weighted by Crippen LogP contribution is -2.45. The molecule has 7 heteroatoms. The van der Waals surface area contributed by atoms with Gasteiger partial charge in [-0.3, -0.25) is 0 Å². The molecule has 2 bridgehead atoms. The molecule has 2 fully saturated rings. The molecule has 2 unspecified atom stereocenters. The van der Waals surface area contributed by atoms with Gasteiger partial charge in [-0.2, -0.15) is 15.0 Å². The number of hydrogen-bond acceptors (Lipinski definition) is 6. The summed E-state index contributed by atoms with van der Waals surface area (Å²) in [7, 11) is 1.75. The van der Waals surface area contributed by atoms with Gasteiger partial charge < -0.3 is 15.3 Å². The van der Waals surface area contributed by atoms with E-state index >= 15 is 0 Å². The highest BCUT2D eigenvalue weighted by Gasteiger charge is 2.41. The minimum absolute atomic E-state index is 0.195. The Hall–Kier alpha value is -1.14. The Kier molecular flexibility index (Phi) is 2.99. The number of nitrogens with one attached hydrogen (secondary N) is 1. The van der Waals surface area contributed by atoms with Gasteiger partial charge >= 0.3 is 0 Å². The van der Waals surface area contributed by atoms with Crippen molar-refractivity contribution in [3.8, 4) is 0 Å². The molecule has 0 amide bonds. The van der Waals surface area contributed by atoms with Crippen LogP contribution in [0, 0.1) is 0 Å². The fourth-order valence-corrected chi connectivity index (χ4v) is 3.20. The van der Waals surface area contributed by atoms with Gasteiger partial charge in [0.2, 0.25) is 17.2 Å². The summed E-state index contributed by atoms with van der Waals surface area (Å²) >= 11 is 5.91. The highest BCUT2D eigenvalue weighted by Crippen LogP contribution is 2.38. The van der Waals surface area contributed by atoms with Crippen molar-refractivity contribution in [1.29, 1.82) is 0 Å². The van der Waals surface area contributed by atoms with Crippen LogP contribution >= 0.6 is 11.6 Å². The lowest BCUT2D eigenvalue weighted by atomic mass is 10.0. The molecule has 2 aliphatic rings. The third kappa shape index (κ3) is 1.99. The Morgan fingerprint density at radius 2 is 1.89 bits per heavy atom. The largest absolute Gasteiger partial charge is 0.393 e. The van der Waals surface area contributed by atoms with E-state index in [1.54, 1.807) is 7.05 Å². The molecule has 3 rings (SSSR count). The summed E-state index contributed by atoms with van der Waals surface area (Å²) in [5.74, 6) is 1.11.